The van der Waals surface area contributed by atoms with Crippen LogP contribution in [0.25, 0.3) is 0 Å². The molecule has 1 aromatic rings. The normalized spacial score (nSPS) is 21.9. The predicted octanol–water partition coefficient (Wildman–Crippen LogP) is 1.12. The molecule has 2 fully saturated rings. The van der Waals surface area contributed by atoms with Gasteiger partial charge in [-0.25, -0.2) is 0 Å². The molecule has 7 nitrogen and oxygen atoms in total. The van der Waals surface area contributed by atoms with E-state index in [9.17, 15) is 0 Å². The predicted molar refractivity (Wildman–Crippen MR) is 99.6 cm³/mol. The highest BCUT2D eigenvalue weighted by Gasteiger charge is 2.38. The summed E-state index contributed by atoms with van der Waals surface area (Å²) in [7, 11) is 3.77. The molecular weight excluding hydrogens is 316 g/mol. The van der Waals surface area contributed by atoms with Crippen LogP contribution in [0.4, 0.5) is 0 Å². The molecule has 0 bridgehead atoms. The highest BCUT2D eigenvalue weighted by molar-refractivity contribution is 5.79. The quantitative estimate of drug-likeness (QED) is 0.617. The molecule has 25 heavy (non-hydrogen) atoms. The van der Waals surface area contributed by atoms with E-state index in [-0.39, 0.29) is 5.54 Å². The van der Waals surface area contributed by atoms with E-state index < -0.39 is 0 Å². The largest absolute Gasteiger partial charge is 0.379 e. The van der Waals surface area contributed by atoms with Crippen LogP contribution in [0.1, 0.15) is 37.7 Å². The summed E-state index contributed by atoms with van der Waals surface area (Å²) in [6, 6.07) is 0. The van der Waals surface area contributed by atoms with Crippen LogP contribution in [0.2, 0.25) is 0 Å². The summed E-state index contributed by atoms with van der Waals surface area (Å²) in [5.41, 5.74) is 1.40. The standard InChI is InChI=1S/C18H32N6O/c1-19-17(20-12-16-13-22-23(2)14-16)21-15-18(6-4-3-5-7-18)24-8-10-25-11-9-24/h13-14H,3-12,15H2,1-2H3,(H2,19,20,21). The molecule has 2 heterocycles. The molecular formula is C18H32N6O. The van der Waals surface area contributed by atoms with Gasteiger partial charge in [-0.15, -0.1) is 0 Å². The number of guanidine groups is 1. The monoisotopic (exact) mass is 348 g/mol. The number of nitrogens with zero attached hydrogens (tertiary/aromatic N) is 4. The van der Waals surface area contributed by atoms with Crippen molar-refractivity contribution in [1.82, 2.24) is 25.3 Å². The van der Waals surface area contributed by atoms with E-state index in [1.54, 1.807) is 0 Å². The Morgan fingerprint density at radius 1 is 1.24 bits per heavy atom. The lowest BCUT2D eigenvalue weighted by molar-refractivity contribution is -0.0352. The van der Waals surface area contributed by atoms with Gasteiger partial charge in [-0.3, -0.25) is 14.6 Å². The van der Waals surface area contributed by atoms with Crippen molar-refractivity contribution in [1.29, 1.82) is 0 Å². The number of aryl methyl sites for hydroxylation is 1. The van der Waals surface area contributed by atoms with E-state index in [0.29, 0.717) is 0 Å². The first-order valence-corrected chi connectivity index (χ1v) is 9.47. The van der Waals surface area contributed by atoms with Gasteiger partial charge in [-0.05, 0) is 12.8 Å². The molecule has 0 atom stereocenters. The van der Waals surface area contributed by atoms with Crippen molar-refractivity contribution in [2.75, 3.05) is 39.9 Å². The van der Waals surface area contributed by atoms with Crippen LogP contribution in [0.15, 0.2) is 17.4 Å². The third kappa shape index (κ3) is 4.73. The molecule has 1 aromatic heterocycles. The highest BCUT2D eigenvalue weighted by atomic mass is 16.5. The molecule has 0 aromatic carbocycles. The number of aliphatic imine (C=N–C) groups is 1. The molecule has 1 saturated heterocycles. The van der Waals surface area contributed by atoms with Crippen LogP contribution in [0.3, 0.4) is 0 Å². The first kappa shape index (κ1) is 18.2. The molecule has 1 aliphatic heterocycles. The first-order chi connectivity index (χ1) is 12.2. The number of aromatic nitrogens is 2. The molecule has 0 spiro atoms. The van der Waals surface area contributed by atoms with Gasteiger partial charge in [0, 0.05) is 57.6 Å². The Labute approximate surface area is 150 Å². The maximum absolute atomic E-state index is 5.57. The minimum atomic E-state index is 0.244. The zero-order chi connectivity index (χ0) is 17.5. The van der Waals surface area contributed by atoms with Crippen LogP contribution in [0.5, 0.6) is 0 Å². The van der Waals surface area contributed by atoms with Crippen LogP contribution in [-0.2, 0) is 18.3 Å². The fraction of sp³-hybridized carbons (Fsp3) is 0.778. The Balaban J connectivity index is 1.57. The van der Waals surface area contributed by atoms with Crippen LogP contribution in [0, 0.1) is 0 Å². The van der Waals surface area contributed by atoms with E-state index in [4.69, 9.17) is 4.74 Å². The van der Waals surface area contributed by atoms with Gasteiger partial charge in [-0.1, -0.05) is 19.3 Å². The Hall–Kier alpha value is -1.60. The Morgan fingerprint density at radius 2 is 2.00 bits per heavy atom. The van der Waals surface area contributed by atoms with Gasteiger partial charge >= 0.3 is 0 Å². The first-order valence-electron chi connectivity index (χ1n) is 9.47. The van der Waals surface area contributed by atoms with Crippen LogP contribution >= 0.6 is 0 Å². The number of nitrogens with one attached hydrogen (secondary N) is 2. The van der Waals surface area contributed by atoms with Crippen molar-refractivity contribution in [2.45, 2.75) is 44.2 Å². The Bertz CT molecular complexity index is 558. The van der Waals surface area contributed by atoms with Crippen molar-refractivity contribution in [3.63, 3.8) is 0 Å². The average Bonchev–Trinajstić information content (AvgIpc) is 3.08. The van der Waals surface area contributed by atoms with Gasteiger partial charge in [0.25, 0.3) is 0 Å². The molecule has 1 aliphatic carbocycles. The minimum Gasteiger partial charge on any atom is -0.379 e. The van der Waals surface area contributed by atoms with Crippen molar-refractivity contribution in [3.05, 3.63) is 18.0 Å². The molecule has 2 aliphatic rings. The lowest BCUT2D eigenvalue weighted by Crippen LogP contribution is -2.60. The summed E-state index contributed by atoms with van der Waals surface area (Å²) in [6.07, 6.45) is 10.4. The molecule has 1 saturated carbocycles. The second kappa shape index (κ2) is 8.67. The van der Waals surface area contributed by atoms with E-state index in [1.165, 1.54) is 32.1 Å². The summed E-state index contributed by atoms with van der Waals surface area (Å²) in [5, 5.41) is 11.2. The fourth-order valence-electron chi connectivity index (χ4n) is 4.07. The summed E-state index contributed by atoms with van der Waals surface area (Å²) in [4.78, 5) is 7.04. The van der Waals surface area contributed by atoms with Gasteiger partial charge in [0.2, 0.25) is 0 Å². The number of hydrogen-bond donors (Lipinski definition) is 2. The van der Waals surface area contributed by atoms with E-state index in [1.807, 2.05) is 31.2 Å². The molecule has 0 unspecified atom stereocenters. The number of rotatable bonds is 5. The number of ether oxygens (including phenoxy) is 1. The summed E-state index contributed by atoms with van der Waals surface area (Å²) >= 11 is 0. The summed E-state index contributed by atoms with van der Waals surface area (Å²) in [5.74, 6) is 0.863. The molecule has 3 rings (SSSR count). The van der Waals surface area contributed by atoms with Gasteiger partial charge in [0.15, 0.2) is 5.96 Å². The third-order valence-corrected chi connectivity index (χ3v) is 5.49. The maximum Gasteiger partial charge on any atom is 0.191 e. The molecule has 7 heteroatoms. The van der Waals surface area contributed by atoms with E-state index >= 15 is 0 Å². The molecule has 0 radical (unpaired) electrons. The number of hydrogen-bond acceptors (Lipinski definition) is 4. The van der Waals surface area contributed by atoms with Crippen molar-refractivity contribution >= 4 is 5.96 Å². The zero-order valence-electron chi connectivity index (χ0n) is 15.6. The minimum absolute atomic E-state index is 0.244. The molecule has 0 amide bonds. The smallest absolute Gasteiger partial charge is 0.191 e. The number of morpholine rings is 1. The molecule has 140 valence electrons. The SMILES string of the molecule is CN=C(NCc1cnn(C)c1)NCC1(N2CCOCC2)CCCCC1. The van der Waals surface area contributed by atoms with Gasteiger partial charge in [0.05, 0.1) is 19.4 Å². The summed E-state index contributed by atoms with van der Waals surface area (Å²) < 4.78 is 7.39. The van der Waals surface area contributed by atoms with Crippen molar-refractivity contribution in [2.24, 2.45) is 12.0 Å². The highest BCUT2D eigenvalue weighted by Crippen LogP contribution is 2.33. The van der Waals surface area contributed by atoms with Gasteiger partial charge in [-0.2, -0.15) is 5.10 Å². The van der Waals surface area contributed by atoms with Crippen molar-refractivity contribution < 1.29 is 4.74 Å². The lowest BCUT2D eigenvalue weighted by atomic mass is 9.80. The molecule has 2 N–H and O–H groups in total. The second-order valence-corrected chi connectivity index (χ2v) is 7.19. The van der Waals surface area contributed by atoms with Gasteiger partial charge in [0.1, 0.15) is 0 Å². The van der Waals surface area contributed by atoms with E-state index in [0.717, 1.165) is 50.9 Å². The summed E-state index contributed by atoms with van der Waals surface area (Å²) in [6.45, 7) is 5.48. The van der Waals surface area contributed by atoms with E-state index in [2.05, 4.69) is 25.6 Å². The lowest BCUT2D eigenvalue weighted by Gasteiger charge is -2.48. The van der Waals surface area contributed by atoms with Crippen LogP contribution < -0.4 is 10.6 Å². The average molecular weight is 348 g/mol. The van der Waals surface area contributed by atoms with Gasteiger partial charge < -0.3 is 15.4 Å². The fourth-order valence-corrected chi connectivity index (χ4v) is 4.07. The van der Waals surface area contributed by atoms with Crippen LogP contribution in [-0.4, -0.2) is 66.1 Å². The Morgan fingerprint density at radius 3 is 2.64 bits per heavy atom. The van der Waals surface area contributed by atoms with Crippen molar-refractivity contribution in [3.8, 4) is 0 Å². The third-order valence-electron chi connectivity index (χ3n) is 5.49. The zero-order valence-corrected chi connectivity index (χ0v) is 15.6. The topological polar surface area (TPSA) is 66.7 Å². The second-order valence-electron chi connectivity index (χ2n) is 7.19. The maximum atomic E-state index is 5.57. The Kier molecular flexibility index (Phi) is 6.31.